The highest BCUT2D eigenvalue weighted by Gasteiger charge is 2.26. The Morgan fingerprint density at radius 1 is 1.26 bits per heavy atom. The molecule has 1 unspecified atom stereocenters. The van der Waals surface area contributed by atoms with E-state index in [2.05, 4.69) is 28.0 Å². The van der Waals surface area contributed by atoms with Crippen LogP contribution in [0.5, 0.6) is 0 Å². The summed E-state index contributed by atoms with van der Waals surface area (Å²) >= 11 is 6.01. The Hall–Kier alpha value is -3.39. The second kappa shape index (κ2) is 7.70. The van der Waals surface area contributed by atoms with E-state index in [1.54, 1.807) is 16.8 Å². The molecule has 1 aliphatic carbocycles. The summed E-state index contributed by atoms with van der Waals surface area (Å²) < 4.78 is 1.73. The van der Waals surface area contributed by atoms with Crippen molar-refractivity contribution in [2.24, 2.45) is 0 Å². The number of carbonyl (C=O) groups excluding carboxylic acids is 2. The normalized spacial score (nSPS) is 18.5. The second-order valence-electron chi connectivity index (χ2n) is 7.92. The van der Waals surface area contributed by atoms with Gasteiger partial charge in [0.15, 0.2) is 5.65 Å². The average molecular weight is 437 g/mol. The first-order valence-electron chi connectivity index (χ1n) is 10.2. The fraction of sp³-hybridized carbons (Fsp3) is 0.273. The zero-order valence-corrected chi connectivity index (χ0v) is 17.6. The van der Waals surface area contributed by atoms with Gasteiger partial charge in [0, 0.05) is 34.3 Å². The maximum Gasteiger partial charge on any atom is 0.254 e. The van der Waals surface area contributed by atoms with E-state index < -0.39 is 0 Å². The lowest BCUT2D eigenvalue weighted by atomic mass is 10.1. The number of amides is 2. The molecular weight excluding hydrogens is 416 g/mol. The maximum absolute atomic E-state index is 12.0. The van der Waals surface area contributed by atoms with Crippen LogP contribution in [0.15, 0.2) is 42.1 Å². The van der Waals surface area contributed by atoms with Crippen molar-refractivity contribution in [3.8, 4) is 0 Å². The highest BCUT2D eigenvalue weighted by Crippen LogP contribution is 2.29. The van der Waals surface area contributed by atoms with Crippen molar-refractivity contribution in [3.63, 3.8) is 0 Å². The molecule has 2 fully saturated rings. The van der Waals surface area contributed by atoms with Gasteiger partial charge in [-0.15, -0.1) is 0 Å². The number of imide groups is 1. The Morgan fingerprint density at radius 3 is 2.71 bits per heavy atom. The molecule has 8 nitrogen and oxygen atoms in total. The highest BCUT2D eigenvalue weighted by molar-refractivity contribution is 6.30. The van der Waals surface area contributed by atoms with Crippen LogP contribution in [0, 0.1) is 0 Å². The zero-order valence-electron chi connectivity index (χ0n) is 16.9. The van der Waals surface area contributed by atoms with Crippen LogP contribution in [0.1, 0.15) is 43.4 Å². The number of carbonyl (C=O) groups is 2. The first-order chi connectivity index (χ1) is 15.0. The van der Waals surface area contributed by atoms with Crippen LogP contribution >= 0.6 is 11.6 Å². The van der Waals surface area contributed by atoms with Crippen molar-refractivity contribution in [2.45, 2.75) is 38.3 Å². The monoisotopic (exact) mass is 436 g/mol. The lowest BCUT2D eigenvalue weighted by Gasteiger charge is -2.17. The smallest absolute Gasteiger partial charge is 0.254 e. The number of halogens is 1. The van der Waals surface area contributed by atoms with Gasteiger partial charge >= 0.3 is 0 Å². The topological polar surface area (TPSA) is 100 Å². The van der Waals surface area contributed by atoms with E-state index in [4.69, 9.17) is 16.6 Å². The number of anilines is 2. The van der Waals surface area contributed by atoms with Crippen molar-refractivity contribution in [3.05, 3.63) is 58.3 Å². The molecule has 0 radical (unpaired) electrons. The Kier molecular flexibility index (Phi) is 4.86. The number of rotatable bonds is 6. The number of aromatic nitrogens is 3. The summed E-state index contributed by atoms with van der Waals surface area (Å²) in [4.78, 5) is 28.3. The Bertz CT molecular complexity index is 1210. The van der Waals surface area contributed by atoms with Gasteiger partial charge in [-0.1, -0.05) is 23.7 Å². The van der Waals surface area contributed by atoms with E-state index in [-0.39, 0.29) is 24.3 Å². The number of hydrogen-bond donors (Lipinski definition) is 3. The molecule has 3 heterocycles. The first-order valence-corrected chi connectivity index (χ1v) is 10.6. The molecule has 1 saturated heterocycles. The molecule has 31 heavy (non-hydrogen) atoms. The van der Waals surface area contributed by atoms with Gasteiger partial charge in [-0.25, -0.2) is 4.98 Å². The lowest BCUT2D eigenvalue weighted by Crippen LogP contribution is -2.19. The number of fused-ring (bicyclic) bond motifs is 1. The summed E-state index contributed by atoms with van der Waals surface area (Å²) in [6.45, 7) is 2.05. The van der Waals surface area contributed by atoms with Gasteiger partial charge in [0.1, 0.15) is 11.6 Å². The van der Waals surface area contributed by atoms with E-state index in [0.29, 0.717) is 33.7 Å². The van der Waals surface area contributed by atoms with Crippen LogP contribution in [-0.4, -0.2) is 32.5 Å². The third-order valence-electron chi connectivity index (χ3n) is 5.39. The molecule has 2 amide bonds. The van der Waals surface area contributed by atoms with Crippen molar-refractivity contribution < 1.29 is 9.59 Å². The molecule has 3 N–H and O–H groups in total. The molecule has 2 aliphatic rings. The van der Waals surface area contributed by atoms with Gasteiger partial charge in [0.05, 0.1) is 12.6 Å². The van der Waals surface area contributed by atoms with E-state index >= 15 is 0 Å². The van der Waals surface area contributed by atoms with Crippen LogP contribution < -0.4 is 16.0 Å². The molecule has 9 heteroatoms. The molecule has 158 valence electrons. The summed E-state index contributed by atoms with van der Waals surface area (Å²) in [7, 11) is 0. The van der Waals surface area contributed by atoms with Gasteiger partial charge in [-0.05, 0) is 43.5 Å². The number of hydrogen-bond acceptors (Lipinski definition) is 6. The van der Waals surface area contributed by atoms with E-state index in [1.165, 1.54) is 0 Å². The van der Waals surface area contributed by atoms with Crippen molar-refractivity contribution in [1.29, 1.82) is 0 Å². The predicted molar refractivity (Wildman–Crippen MR) is 119 cm³/mol. The summed E-state index contributed by atoms with van der Waals surface area (Å²) in [5.41, 5.74) is 2.78. The van der Waals surface area contributed by atoms with Crippen LogP contribution in [-0.2, 0) is 9.59 Å². The Morgan fingerprint density at radius 2 is 2.03 bits per heavy atom. The van der Waals surface area contributed by atoms with Gasteiger partial charge in [0.25, 0.3) is 5.91 Å². The molecule has 5 rings (SSSR count). The molecule has 1 saturated carbocycles. The largest absolute Gasteiger partial charge is 0.367 e. The Labute approximate surface area is 183 Å². The summed E-state index contributed by atoms with van der Waals surface area (Å²) in [5.74, 6) is 0.849. The molecule has 0 bridgehead atoms. The number of benzene rings is 1. The van der Waals surface area contributed by atoms with Gasteiger partial charge in [-0.2, -0.15) is 9.61 Å². The Balaban J connectivity index is 1.52. The molecule has 0 spiro atoms. The maximum atomic E-state index is 12.0. The SMILES string of the molecule is CC(Nc1cc(NC2CC2)n2ncc(/C=C3\CC(=O)NC3=O)c2n1)c1ccc(Cl)cc1. The molecule has 1 aliphatic heterocycles. The van der Waals surface area contributed by atoms with Gasteiger partial charge < -0.3 is 10.6 Å². The minimum Gasteiger partial charge on any atom is -0.367 e. The number of nitrogens with one attached hydrogen (secondary N) is 3. The quantitative estimate of drug-likeness (QED) is 0.403. The van der Waals surface area contributed by atoms with Crippen LogP contribution in [0.2, 0.25) is 5.02 Å². The minimum atomic E-state index is -0.369. The number of nitrogens with zero attached hydrogens (tertiary/aromatic N) is 3. The molecule has 1 atom stereocenters. The van der Waals surface area contributed by atoms with Crippen LogP contribution in [0.25, 0.3) is 11.7 Å². The van der Waals surface area contributed by atoms with Crippen molar-refractivity contribution in [2.75, 3.05) is 10.6 Å². The predicted octanol–water partition coefficient (Wildman–Crippen LogP) is 3.56. The van der Waals surface area contributed by atoms with Crippen LogP contribution in [0.4, 0.5) is 11.6 Å². The van der Waals surface area contributed by atoms with E-state index in [0.717, 1.165) is 24.2 Å². The van der Waals surface area contributed by atoms with Crippen molar-refractivity contribution in [1.82, 2.24) is 19.9 Å². The molecule has 1 aromatic carbocycles. The third-order valence-corrected chi connectivity index (χ3v) is 5.64. The molecule has 2 aromatic heterocycles. The van der Waals surface area contributed by atoms with Crippen molar-refractivity contribution >= 4 is 46.8 Å². The van der Waals surface area contributed by atoms with E-state index in [1.807, 2.05) is 30.3 Å². The molecular formula is C22H21ClN6O2. The third kappa shape index (κ3) is 4.11. The average Bonchev–Trinajstić information content (AvgIpc) is 3.37. The first kappa shape index (κ1) is 19.6. The fourth-order valence-corrected chi connectivity index (χ4v) is 3.69. The standard InChI is InChI=1S/C22H21ClN6O2/c1-12(13-2-4-16(23)5-3-13)25-18-10-19(26-17-6-7-17)29-21(27-18)15(11-24-29)8-14-9-20(30)28-22(14)31/h2-5,8,10-12,17,26H,6-7,9H2,1H3,(H,25,27)(H,28,30,31)/b14-8+. The van der Waals surface area contributed by atoms with Gasteiger partial charge in [-0.3, -0.25) is 14.9 Å². The van der Waals surface area contributed by atoms with Crippen LogP contribution in [0.3, 0.4) is 0 Å². The lowest BCUT2D eigenvalue weighted by molar-refractivity contribution is -0.124. The zero-order chi connectivity index (χ0) is 21.5. The van der Waals surface area contributed by atoms with E-state index in [9.17, 15) is 9.59 Å². The molecule has 3 aromatic rings. The summed E-state index contributed by atoms with van der Waals surface area (Å²) in [5, 5.41) is 14.4. The second-order valence-corrected chi connectivity index (χ2v) is 8.36. The van der Waals surface area contributed by atoms with Gasteiger partial charge in [0.2, 0.25) is 5.91 Å². The highest BCUT2D eigenvalue weighted by atomic mass is 35.5. The summed E-state index contributed by atoms with van der Waals surface area (Å²) in [6.07, 6.45) is 5.65. The fourth-order valence-electron chi connectivity index (χ4n) is 3.56. The minimum absolute atomic E-state index is 0.00366. The summed E-state index contributed by atoms with van der Waals surface area (Å²) in [6, 6.07) is 10.0.